The van der Waals surface area contributed by atoms with Gasteiger partial charge in [-0.25, -0.2) is 9.37 Å². The fourth-order valence-electron chi connectivity index (χ4n) is 4.03. The van der Waals surface area contributed by atoms with Gasteiger partial charge in [-0.3, -0.25) is 19.7 Å². The fraction of sp³-hybridized carbons (Fsp3) is 0.300. The number of nitrogens with zero attached hydrogens (tertiary/aromatic N) is 2. The third-order valence-electron chi connectivity index (χ3n) is 5.29. The third kappa shape index (κ3) is 2.72. The highest BCUT2D eigenvalue weighted by Gasteiger charge is 2.44. The number of hydrogen-bond acceptors (Lipinski definition) is 5. The van der Waals surface area contributed by atoms with Gasteiger partial charge in [0, 0.05) is 23.1 Å². The van der Waals surface area contributed by atoms with Crippen molar-refractivity contribution in [1.82, 2.24) is 15.2 Å². The molecule has 1 saturated heterocycles. The third-order valence-corrected chi connectivity index (χ3v) is 5.29. The summed E-state index contributed by atoms with van der Waals surface area (Å²) in [6.07, 6.45) is 0.364. The van der Waals surface area contributed by atoms with Crippen LogP contribution in [0.1, 0.15) is 47.3 Å². The second-order valence-electron chi connectivity index (χ2n) is 7.20. The van der Waals surface area contributed by atoms with Gasteiger partial charge in [-0.05, 0) is 50.1 Å². The van der Waals surface area contributed by atoms with E-state index in [0.29, 0.717) is 5.69 Å². The van der Waals surface area contributed by atoms with E-state index in [1.165, 1.54) is 11.0 Å². The van der Waals surface area contributed by atoms with Gasteiger partial charge < -0.3 is 10.6 Å². The summed E-state index contributed by atoms with van der Waals surface area (Å²) >= 11 is 0. The highest BCUT2D eigenvalue weighted by molar-refractivity contribution is 6.06. The molecule has 144 valence electrons. The van der Waals surface area contributed by atoms with E-state index in [9.17, 15) is 14.4 Å². The van der Waals surface area contributed by atoms with E-state index < -0.39 is 29.7 Å². The van der Waals surface area contributed by atoms with Crippen molar-refractivity contribution in [2.45, 2.75) is 38.8 Å². The first-order valence-corrected chi connectivity index (χ1v) is 9.01. The van der Waals surface area contributed by atoms with Gasteiger partial charge in [0.1, 0.15) is 17.7 Å². The molecule has 2 unspecified atom stereocenters. The summed E-state index contributed by atoms with van der Waals surface area (Å²) in [7, 11) is 0. The molecule has 4 rings (SSSR count). The zero-order valence-corrected chi connectivity index (χ0v) is 15.5. The highest BCUT2D eigenvalue weighted by atomic mass is 19.1. The minimum atomic E-state index is -0.803. The van der Waals surface area contributed by atoms with Gasteiger partial charge in [0.15, 0.2) is 0 Å². The summed E-state index contributed by atoms with van der Waals surface area (Å²) in [5.41, 5.74) is 7.72. The van der Waals surface area contributed by atoms with E-state index >= 15 is 4.39 Å². The van der Waals surface area contributed by atoms with Crippen molar-refractivity contribution in [2.24, 2.45) is 0 Å². The number of nitrogens with two attached hydrogens (primary N) is 1. The van der Waals surface area contributed by atoms with Gasteiger partial charge in [-0.1, -0.05) is 0 Å². The predicted molar refractivity (Wildman–Crippen MR) is 99.5 cm³/mol. The monoisotopic (exact) mass is 382 g/mol. The van der Waals surface area contributed by atoms with E-state index in [1.807, 2.05) is 6.92 Å². The summed E-state index contributed by atoms with van der Waals surface area (Å²) in [6, 6.07) is 5.02. The van der Waals surface area contributed by atoms with Crippen LogP contribution in [0.25, 0.3) is 11.3 Å². The maximum absolute atomic E-state index is 15.4. The van der Waals surface area contributed by atoms with Crippen molar-refractivity contribution < 1.29 is 18.8 Å². The molecule has 2 aliphatic rings. The largest absolute Gasteiger partial charge is 0.384 e. The Balaban J connectivity index is 1.77. The summed E-state index contributed by atoms with van der Waals surface area (Å²) < 4.78 is 15.4. The molecule has 0 radical (unpaired) electrons. The van der Waals surface area contributed by atoms with Gasteiger partial charge >= 0.3 is 0 Å². The van der Waals surface area contributed by atoms with Crippen LogP contribution in [0.4, 0.5) is 10.2 Å². The maximum Gasteiger partial charge on any atom is 0.255 e. The van der Waals surface area contributed by atoms with Crippen LogP contribution in [-0.4, -0.2) is 33.6 Å². The van der Waals surface area contributed by atoms with Crippen molar-refractivity contribution in [2.75, 3.05) is 5.73 Å². The quantitative estimate of drug-likeness (QED) is 0.774. The highest BCUT2D eigenvalue weighted by Crippen LogP contribution is 2.40. The minimum absolute atomic E-state index is 0.142. The first-order valence-electron chi connectivity index (χ1n) is 9.01. The molecular formula is C20H19FN4O3. The standard InChI is InChI=1S/C20H19FN4O3/c1-9-7-13(23-15(22)8-9)11-3-4-12-17(18(11)21)10(2)25(20(12)28)14-5-6-16(26)24-19(14)27/h3-4,7-8,10,14H,5-6H2,1-2H3,(H2,22,23)(H,24,26,27). The van der Waals surface area contributed by atoms with Crippen molar-refractivity contribution in [3.8, 4) is 11.3 Å². The summed E-state index contributed by atoms with van der Waals surface area (Å²) in [4.78, 5) is 42.1. The lowest BCUT2D eigenvalue weighted by molar-refractivity contribution is -0.137. The van der Waals surface area contributed by atoms with Crippen LogP contribution >= 0.6 is 0 Å². The SMILES string of the molecule is Cc1cc(N)nc(-c2ccc3c(c2F)C(C)N(C2CCC(=O)NC2=O)C3=O)c1. The Morgan fingerprint density at radius 3 is 2.61 bits per heavy atom. The van der Waals surface area contributed by atoms with Crippen molar-refractivity contribution in [3.05, 3.63) is 46.8 Å². The van der Waals surface area contributed by atoms with E-state index in [1.54, 1.807) is 25.1 Å². The first kappa shape index (κ1) is 18.1. The Morgan fingerprint density at radius 2 is 1.93 bits per heavy atom. The molecule has 3 heterocycles. The first-order chi connectivity index (χ1) is 13.3. The molecule has 0 aliphatic carbocycles. The summed E-state index contributed by atoms with van der Waals surface area (Å²) in [5, 5.41) is 2.25. The Hall–Kier alpha value is -3.29. The van der Waals surface area contributed by atoms with Crippen molar-refractivity contribution in [1.29, 1.82) is 0 Å². The molecule has 2 aliphatic heterocycles. The van der Waals surface area contributed by atoms with E-state index in [2.05, 4.69) is 10.3 Å². The summed E-state index contributed by atoms with van der Waals surface area (Å²) in [5.74, 6) is -1.58. The summed E-state index contributed by atoms with van der Waals surface area (Å²) in [6.45, 7) is 3.52. The van der Waals surface area contributed by atoms with Crippen molar-refractivity contribution >= 4 is 23.5 Å². The average Bonchev–Trinajstić information content (AvgIpc) is 2.86. The number of piperidine rings is 1. The molecule has 1 aromatic carbocycles. The van der Waals surface area contributed by atoms with Gasteiger partial charge in [0.2, 0.25) is 11.8 Å². The molecule has 7 nitrogen and oxygen atoms in total. The number of hydrogen-bond donors (Lipinski definition) is 2. The van der Waals surface area contributed by atoms with Crippen LogP contribution in [0.5, 0.6) is 0 Å². The molecule has 3 amide bonds. The molecule has 0 bridgehead atoms. The van der Waals surface area contributed by atoms with E-state index in [0.717, 1.165) is 5.56 Å². The van der Waals surface area contributed by atoms with Crippen LogP contribution in [0.2, 0.25) is 0 Å². The van der Waals surface area contributed by atoms with E-state index in [-0.39, 0.29) is 41.3 Å². The topological polar surface area (TPSA) is 105 Å². The lowest BCUT2D eigenvalue weighted by Crippen LogP contribution is -2.53. The van der Waals surface area contributed by atoms with E-state index in [4.69, 9.17) is 5.73 Å². The molecule has 0 saturated carbocycles. The second-order valence-corrected chi connectivity index (χ2v) is 7.20. The number of rotatable bonds is 2. The Labute approximate surface area is 160 Å². The molecule has 1 aromatic heterocycles. The number of nitrogen functional groups attached to an aromatic ring is 1. The Kier molecular flexibility index (Phi) is 4.14. The molecule has 2 aromatic rings. The Morgan fingerprint density at radius 1 is 1.21 bits per heavy atom. The number of anilines is 1. The fourth-order valence-corrected chi connectivity index (χ4v) is 4.03. The number of pyridine rings is 1. The van der Waals surface area contributed by atoms with Crippen LogP contribution in [-0.2, 0) is 9.59 Å². The predicted octanol–water partition coefficient (Wildman–Crippen LogP) is 2.10. The number of halogens is 1. The van der Waals surface area contributed by atoms with Gasteiger partial charge in [0.25, 0.3) is 5.91 Å². The van der Waals surface area contributed by atoms with Gasteiger partial charge in [-0.15, -0.1) is 0 Å². The lowest BCUT2D eigenvalue weighted by Gasteiger charge is -2.32. The van der Waals surface area contributed by atoms with Gasteiger partial charge in [0.05, 0.1) is 11.7 Å². The normalized spacial score (nSPS) is 21.7. The number of carbonyl (C=O) groups excluding carboxylic acids is 3. The molecule has 1 fully saturated rings. The number of imide groups is 1. The van der Waals surface area contributed by atoms with Crippen LogP contribution in [0, 0.1) is 12.7 Å². The number of aryl methyl sites for hydroxylation is 1. The van der Waals surface area contributed by atoms with Gasteiger partial charge in [-0.2, -0.15) is 0 Å². The number of aromatic nitrogens is 1. The number of benzene rings is 1. The Bertz CT molecular complexity index is 1020. The number of amides is 3. The van der Waals surface area contributed by atoms with Crippen LogP contribution in [0.3, 0.4) is 0 Å². The zero-order chi connectivity index (χ0) is 20.2. The number of carbonyl (C=O) groups is 3. The zero-order valence-electron chi connectivity index (χ0n) is 15.5. The molecule has 0 spiro atoms. The molecule has 2 atom stereocenters. The minimum Gasteiger partial charge on any atom is -0.384 e. The van der Waals surface area contributed by atoms with Crippen LogP contribution < -0.4 is 11.1 Å². The molecule has 3 N–H and O–H groups in total. The maximum atomic E-state index is 15.4. The molecule has 8 heteroatoms. The smallest absolute Gasteiger partial charge is 0.255 e. The molecule has 28 heavy (non-hydrogen) atoms. The number of nitrogens with one attached hydrogen (secondary N) is 1. The molecular weight excluding hydrogens is 363 g/mol. The van der Waals surface area contributed by atoms with Crippen molar-refractivity contribution in [3.63, 3.8) is 0 Å². The number of fused-ring (bicyclic) bond motifs is 1. The second kappa shape index (κ2) is 6.40. The average molecular weight is 382 g/mol. The lowest BCUT2D eigenvalue weighted by atomic mass is 9.98. The van der Waals surface area contributed by atoms with Crippen LogP contribution in [0.15, 0.2) is 24.3 Å².